The highest BCUT2D eigenvalue weighted by atomic mass is 19.1. The molecule has 8 rings (SSSR count). The van der Waals surface area contributed by atoms with Crippen LogP contribution >= 0.6 is 0 Å². The highest BCUT2D eigenvalue weighted by Crippen LogP contribution is 2.36. The van der Waals surface area contributed by atoms with E-state index in [0.29, 0.717) is 40.0 Å². The van der Waals surface area contributed by atoms with Crippen molar-refractivity contribution in [3.63, 3.8) is 0 Å². The number of benzene rings is 2. The molecule has 0 aliphatic heterocycles. The first kappa shape index (κ1) is 41.1. The number of hydrogen-bond donors (Lipinski definition) is 1. The van der Waals surface area contributed by atoms with Gasteiger partial charge in [0.05, 0.1) is 29.9 Å². The van der Waals surface area contributed by atoms with E-state index in [2.05, 4.69) is 55.7 Å². The zero-order valence-electron chi connectivity index (χ0n) is 33.7. The third kappa shape index (κ3) is 9.34. The Balaban J connectivity index is 0.000000172. The van der Waals surface area contributed by atoms with Gasteiger partial charge < -0.3 is 28.3 Å². The fraction of sp³-hybridized carbons (Fsp3) is 0.244. The van der Waals surface area contributed by atoms with Crippen LogP contribution in [0.1, 0.15) is 47.8 Å². The van der Waals surface area contributed by atoms with E-state index in [4.69, 9.17) is 18.3 Å². The summed E-state index contributed by atoms with van der Waals surface area (Å²) >= 11 is 0. The maximum atomic E-state index is 13.7. The number of halogens is 1. The van der Waals surface area contributed by atoms with Crippen molar-refractivity contribution in [3.8, 4) is 45.5 Å². The molecule has 0 aliphatic rings. The van der Waals surface area contributed by atoms with Crippen molar-refractivity contribution >= 4 is 21.9 Å². The van der Waals surface area contributed by atoms with Crippen molar-refractivity contribution in [2.24, 2.45) is 0 Å². The molecule has 6 heterocycles. The lowest BCUT2D eigenvalue weighted by molar-refractivity contribution is 0.282. The molecule has 298 valence electrons. The molecule has 0 atom stereocenters. The van der Waals surface area contributed by atoms with Gasteiger partial charge in [-0.3, -0.25) is 0 Å². The first-order valence-corrected chi connectivity index (χ1v) is 18.8. The van der Waals surface area contributed by atoms with E-state index in [1.807, 2.05) is 58.0 Å². The number of ether oxygens (including phenoxy) is 2. The lowest BCUT2D eigenvalue weighted by Gasteiger charge is -2.14. The van der Waals surface area contributed by atoms with Crippen LogP contribution in [0, 0.1) is 27.7 Å². The molecule has 0 aliphatic carbocycles. The van der Waals surface area contributed by atoms with Gasteiger partial charge in [-0.05, 0) is 119 Å². The molecule has 0 saturated carbocycles. The molecule has 0 radical (unpaired) electrons. The number of aliphatic hydroxyl groups excluding tert-OH is 1. The SMILES string of the molecule is CCN(C)CC.Cc1ncnc(C)c1-c1ccc(Oc2nccc3occc23)cc1CF.Cc1ncnc(C)c1-c1ccc(Oc2nccc3occc23)cc1CO. The maximum Gasteiger partial charge on any atom is 0.230 e. The van der Waals surface area contributed by atoms with Gasteiger partial charge in [0.25, 0.3) is 0 Å². The second-order valence-electron chi connectivity index (χ2n) is 13.4. The summed E-state index contributed by atoms with van der Waals surface area (Å²) in [5.41, 5.74) is 9.44. The smallest absolute Gasteiger partial charge is 0.230 e. The number of aliphatic hydroxyl groups is 1. The van der Waals surface area contributed by atoms with Gasteiger partial charge >= 0.3 is 0 Å². The van der Waals surface area contributed by atoms with Crippen molar-refractivity contribution in [3.05, 3.63) is 132 Å². The molecule has 12 nitrogen and oxygen atoms in total. The molecule has 0 bridgehead atoms. The van der Waals surface area contributed by atoms with E-state index < -0.39 is 6.67 Å². The number of aromatic nitrogens is 6. The molecule has 0 unspecified atom stereocenters. The summed E-state index contributed by atoms with van der Waals surface area (Å²) in [6.45, 7) is 13.5. The molecular formula is C45H46FN7O5. The van der Waals surface area contributed by atoms with Crippen molar-refractivity contribution < 1.29 is 27.8 Å². The minimum absolute atomic E-state index is 0.121. The lowest BCUT2D eigenvalue weighted by atomic mass is 9.97. The van der Waals surface area contributed by atoms with E-state index in [1.54, 1.807) is 61.6 Å². The molecule has 0 saturated heterocycles. The summed E-state index contributed by atoms with van der Waals surface area (Å²) in [5, 5.41) is 11.4. The number of furan rings is 2. The first-order chi connectivity index (χ1) is 28.1. The van der Waals surface area contributed by atoms with Gasteiger partial charge in [0, 0.05) is 46.3 Å². The summed E-state index contributed by atoms with van der Waals surface area (Å²) in [6, 6.07) is 18.0. The zero-order valence-corrected chi connectivity index (χ0v) is 33.7. The molecule has 8 aromatic rings. The molecule has 0 fully saturated rings. The number of pyridine rings is 2. The molecule has 2 aromatic carbocycles. The number of nitrogens with zero attached hydrogens (tertiary/aromatic N) is 7. The summed E-state index contributed by atoms with van der Waals surface area (Å²) in [6.07, 6.45) is 9.48. The summed E-state index contributed by atoms with van der Waals surface area (Å²) < 4.78 is 36.3. The predicted octanol–water partition coefficient (Wildman–Crippen LogP) is 10.3. The van der Waals surface area contributed by atoms with Crippen LogP contribution in [0.25, 0.3) is 44.2 Å². The monoisotopic (exact) mass is 783 g/mol. The second kappa shape index (κ2) is 19.0. The average Bonchev–Trinajstić information content (AvgIpc) is 3.93. The molecule has 13 heteroatoms. The Bertz CT molecular complexity index is 2410. The van der Waals surface area contributed by atoms with E-state index in [9.17, 15) is 9.50 Å². The van der Waals surface area contributed by atoms with Crippen LogP contribution < -0.4 is 9.47 Å². The van der Waals surface area contributed by atoms with Gasteiger partial charge in [-0.15, -0.1) is 0 Å². The summed E-state index contributed by atoms with van der Waals surface area (Å²) in [4.78, 5) is 27.7. The first-order valence-electron chi connectivity index (χ1n) is 18.8. The largest absolute Gasteiger partial charge is 0.464 e. The fourth-order valence-electron chi connectivity index (χ4n) is 6.31. The van der Waals surface area contributed by atoms with Gasteiger partial charge in [-0.25, -0.2) is 34.3 Å². The number of alkyl halides is 1. The number of rotatable bonds is 10. The molecule has 0 amide bonds. The Kier molecular flexibility index (Phi) is 13.5. The Morgan fingerprint density at radius 1 is 0.603 bits per heavy atom. The van der Waals surface area contributed by atoms with Gasteiger partial charge in [0.1, 0.15) is 42.0 Å². The standard InChI is InChI=1S/C20H16FN3O2.C20H17N3O3.C5H13N/c1-12-19(13(2)24-11-23-12)16-4-3-15(9-14(16)10-21)26-20-17-6-8-25-18(17)5-7-22-20;1-12-19(13(2)23-11-22-12)16-4-3-15(9-14(16)10-24)26-20-17-6-8-25-18(17)5-7-21-20;1-4-6(3)5-2/h3-9,11H,10H2,1-2H3;3-9,11,24H,10H2,1-2H3;4-5H2,1-3H3. The van der Waals surface area contributed by atoms with Gasteiger partial charge in [0.2, 0.25) is 11.8 Å². The summed E-state index contributed by atoms with van der Waals surface area (Å²) in [5.74, 6) is 1.98. The van der Waals surface area contributed by atoms with Gasteiger partial charge in [-0.2, -0.15) is 0 Å². The van der Waals surface area contributed by atoms with Crippen LogP contribution in [-0.2, 0) is 13.3 Å². The van der Waals surface area contributed by atoms with Crippen LogP contribution in [0.2, 0.25) is 0 Å². The Morgan fingerprint density at radius 3 is 1.43 bits per heavy atom. The van der Waals surface area contributed by atoms with Crippen LogP contribution in [0.3, 0.4) is 0 Å². The zero-order chi connectivity index (χ0) is 41.2. The van der Waals surface area contributed by atoms with E-state index in [1.165, 1.54) is 6.33 Å². The highest BCUT2D eigenvalue weighted by molar-refractivity contribution is 5.83. The third-order valence-corrected chi connectivity index (χ3v) is 9.65. The molecule has 0 spiro atoms. The van der Waals surface area contributed by atoms with E-state index in [-0.39, 0.29) is 6.61 Å². The van der Waals surface area contributed by atoms with Gasteiger partial charge in [0.15, 0.2) is 0 Å². The Labute approximate surface area is 336 Å². The van der Waals surface area contributed by atoms with E-state index >= 15 is 0 Å². The number of fused-ring (bicyclic) bond motifs is 2. The van der Waals surface area contributed by atoms with Crippen molar-refractivity contribution in [2.75, 3.05) is 20.1 Å². The molecule has 1 N–H and O–H groups in total. The Morgan fingerprint density at radius 2 is 1.03 bits per heavy atom. The predicted molar refractivity (Wildman–Crippen MR) is 222 cm³/mol. The summed E-state index contributed by atoms with van der Waals surface area (Å²) in [7, 11) is 2.11. The molecule has 58 heavy (non-hydrogen) atoms. The number of aryl methyl sites for hydroxylation is 4. The third-order valence-electron chi connectivity index (χ3n) is 9.65. The Hall–Kier alpha value is -6.57. The minimum Gasteiger partial charge on any atom is -0.464 e. The van der Waals surface area contributed by atoms with Crippen LogP contribution in [-0.4, -0.2) is 60.0 Å². The fourth-order valence-corrected chi connectivity index (χ4v) is 6.31. The minimum atomic E-state index is -0.621. The lowest BCUT2D eigenvalue weighted by Crippen LogP contribution is -2.15. The van der Waals surface area contributed by atoms with Crippen LogP contribution in [0.5, 0.6) is 23.3 Å². The maximum absolute atomic E-state index is 13.7. The highest BCUT2D eigenvalue weighted by Gasteiger charge is 2.16. The average molecular weight is 784 g/mol. The van der Waals surface area contributed by atoms with E-state index in [0.717, 1.165) is 74.5 Å². The van der Waals surface area contributed by atoms with Crippen LogP contribution in [0.15, 0.2) is 107 Å². The molecular weight excluding hydrogens is 738 g/mol. The number of hydrogen-bond acceptors (Lipinski definition) is 12. The van der Waals surface area contributed by atoms with Crippen LogP contribution in [0.4, 0.5) is 4.39 Å². The molecule has 6 aromatic heterocycles. The van der Waals surface area contributed by atoms with Crippen molar-refractivity contribution in [2.45, 2.75) is 54.8 Å². The quantitative estimate of drug-likeness (QED) is 0.141. The topological polar surface area (TPSA) is 146 Å². The van der Waals surface area contributed by atoms with Crippen molar-refractivity contribution in [1.29, 1.82) is 0 Å². The van der Waals surface area contributed by atoms with Gasteiger partial charge in [-0.1, -0.05) is 26.0 Å². The normalized spacial score (nSPS) is 10.9. The second-order valence-corrected chi connectivity index (χ2v) is 13.4. The van der Waals surface area contributed by atoms with Crippen molar-refractivity contribution in [1.82, 2.24) is 34.8 Å².